The molecule has 2 aromatic carbocycles. The molecule has 0 aromatic heterocycles. The molecule has 4 rings (SSSR count). The molecule has 2 saturated carbocycles. The van der Waals surface area contributed by atoms with Gasteiger partial charge in [0.1, 0.15) is 6.54 Å². The average molecular weight is 427 g/mol. The van der Waals surface area contributed by atoms with Crippen LogP contribution in [0.25, 0.3) is 0 Å². The average Bonchev–Trinajstić information content (AvgIpc) is 3.28. The van der Waals surface area contributed by atoms with Crippen LogP contribution in [-0.4, -0.2) is 26.9 Å². The maximum Gasteiger partial charge on any atom is 0.264 e. The van der Waals surface area contributed by atoms with Crippen molar-refractivity contribution in [3.05, 3.63) is 59.2 Å². The van der Waals surface area contributed by atoms with E-state index in [4.69, 9.17) is 0 Å². The van der Waals surface area contributed by atoms with Crippen LogP contribution in [-0.2, 0) is 14.8 Å². The van der Waals surface area contributed by atoms with Crippen molar-refractivity contribution in [1.82, 2.24) is 5.32 Å². The second-order valence-electron chi connectivity index (χ2n) is 9.02. The minimum atomic E-state index is -3.87. The molecule has 0 saturated heterocycles. The molecular weight excluding hydrogens is 396 g/mol. The van der Waals surface area contributed by atoms with Gasteiger partial charge in [-0.2, -0.15) is 0 Å². The molecule has 6 heteroatoms. The van der Waals surface area contributed by atoms with Crippen LogP contribution in [0.15, 0.2) is 47.4 Å². The molecule has 2 bridgehead atoms. The minimum absolute atomic E-state index is 0.180. The first-order valence-corrected chi connectivity index (χ1v) is 12.1. The number of carbonyl (C=O) groups excluding carboxylic acids is 1. The molecule has 2 aliphatic carbocycles. The van der Waals surface area contributed by atoms with Gasteiger partial charge in [0.15, 0.2) is 0 Å². The molecule has 2 aliphatic rings. The van der Waals surface area contributed by atoms with Crippen molar-refractivity contribution >= 4 is 21.6 Å². The van der Waals surface area contributed by atoms with Gasteiger partial charge in [0.05, 0.1) is 10.6 Å². The lowest BCUT2D eigenvalue weighted by Gasteiger charge is -2.27. The molecule has 0 heterocycles. The summed E-state index contributed by atoms with van der Waals surface area (Å²) in [6.07, 6.45) is 4.63. The van der Waals surface area contributed by atoms with Gasteiger partial charge in [0.25, 0.3) is 10.0 Å². The van der Waals surface area contributed by atoms with Crippen molar-refractivity contribution in [1.29, 1.82) is 0 Å². The molecule has 0 spiro atoms. The van der Waals surface area contributed by atoms with Gasteiger partial charge in [-0.15, -0.1) is 0 Å². The standard InChI is InChI=1S/C24H30N2O3S/c1-16-4-8-22(9-5-16)30(28,29)26(21-11-17(2)10-18(3)12-21)15-24(27)25-23-14-19-6-7-20(23)13-19/h4-5,8-12,19-20,23H,6-7,13-15H2,1-3H3,(H,25,27). The summed E-state index contributed by atoms with van der Waals surface area (Å²) in [6, 6.07) is 12.6. The van der Waals surface area contributed by atoms with Crippen LogP contribution in [0.2, 0.25) is 0 Å². The zero-order chi connectivity index (χ0) is 21.5. The quantitative estimate of drug-likeness (QED) is 0.756. The highest BCUT2D eigenvalue weighted by atomic mass is 32.2. The summed E-state index contributed by atoms with van der Waals surface area (Å²) in [5.41, 5.74) is 3.43. The van der Waals surface area contributed by atoms with Crippen molar-refractivity contribution in [2.75, 3.05) is 10.8 Å². The summed E-state index contributed by atoms with van der Waals surface area (Å²) in [4.78, 5) is 13.1. The third kappa shape index (κ3) is 4.24. The molecule has 160 valence electrons. The third-order valence-electron chi connectivity index (χ3n) is 6.48. The van der Waals surface area contributed by atoms with E-state index < -0.39 is 10.0 Å². The van der Waals surface area contributed by atoms with Crippen LogP contribution in [0, 0.1) is 32.6 Å². The number of carbonyl (C=O) groups is 1. The lowest BCUT2D eigenvalue weighted by atomic mass is 9.95. The van der Waals surface area contributed by atoms with Gasteiger partial charge < -0.3 is 5.32 Å². The molecule has 2 fully saturated rings. The van der Waals surface area contributed by atoms with Crippen molar-refractivity contribution in [2.45, 2.75) is 57.4 Å². The monoisotopic (exact) mass is 426 g/mol. The molecule has 5 nitrogen and oxygen atoms in total. The Morgan fingerprint density at radius 2 is 1.63 bits per heavy atom. The van der Waals surface area contributed by atoms with E-state index in [9.17, 15) is 13.2 Å². The number of fused-ring (bicyclic) bond motifs is 2. The van der Waals surface area contributed by atoms with E-state index in [1.165, 1.54) is 17.1 Å². The summed E-state index contributed by atoms with van der Waals surface area (Å²) >= 11 is 0. The van der Waals surface area contributed by atoms with Gasteiger partial charge >= 0.3 is 0 Å². The summed E-state index contributed by atoms with van der Waals surface area (Å²) in [5, 5.41) is 3.13. The molecule has 3 atom stereocenters. The van der Waals surface area contributed by atoms with E-state index in [2.05, 4.69) is 5.32 Å². The van der Waals surface area contributed by atoms with Gasteiger partial charge in [-0.25, -0.2) is 8.42 Å². The fraction of sp³-hybridized carbons (Fsp3) is 0.458. The van der Waals surface area contributed by atoms with Crippen LogP contribution in [0.3, 0.4) is 0 Å². The van der Waals surface area contributed by atoms with Gasteiger partial charge in [-0.3, -0.25) is 9.10 Å². The highest BCUT2D eigenvalue weighted by Crippen LogP contribution is 2.44. The van der Waals surface area contributed by atoms with Crippen molar-refractivity contribution in [3.63, 3.8) is 0 Å². The van der Waals surface area contributed by atoms with Crippen molar-refractivity contribution in [2.24, 2.45) is 11.8 Å². The van der Waals surface area contributed by atoms with Crippen LogP contribution in [0.4, 0.5) is 5.69 Å². The van der Waals surface area contributed by atoms with E-state index in [0.717, 1.165) is 29.5 Å². The van der Waals surface area contributed by atoms with E-state index in [-0.39, 0.29) is 23.4 Å². The highest BCUT2D eigenvalue weighted by Gasteiger charge is 2.40. The molecule has 30 heavy (non-hydrogen) atoms. The molecular formula is C24H30N2O3S. The van der Waals surface area contributed by atoms with E-state index >= 15 is 0 Å². The van der Waals surface area contributed by atoms with Crippen LogP contribution in [0.5, 0.6) is 0 Å². The molecule has 1 N–H and O–H groups in total. The van der Waals surface area contributed by atoms with Crippen LogP contribution >= 0.6 is 0 Å². The fourth-order valence-corrected chi connectivity index (χ4v) is 6.46. The maximum atomic E-state index is 13.5. The van der Waals surface area contributed by atoms with Gasteiger partial charge in [-0.05, 0) is 87.3 Å². The molecule has 0 aliphatic heterocycles. The first-order valence-electron chi connectivity index (χ1n) is 10.7. The predicted molar refractivity (Wildman–Crippen MR) is 119 cm³/mol. The Morgan fingerprint density at radius 3 is 2.20 bits per heavy atom. The Labute approximate surface area is 179 Å². The SMILES string of the molecule is Cc1ccc(S(=O)(=O)N(CC(=O)NC2CC3CCC2C3)c2cc(C)cc(C)c2)cc1. The predicted octanol–water partition coefficient (Wildman–Crippen LogP) is 4.11. The first kappa shape index (κ1) is 20.9. The highest BCUT2D eigenvalue weighted by molar-refractivity contribution is 7.92. The van der Waals surface area contributed by atoms with Gasteiger partial charge in [0, 0.05) is 6.04 Å². The number of benzene rings is 2. The van der Waals surface area contributed by atoms with E-state index in [0.29, 0.717) is 17.5 Å². The largest absolute Gasteiger partial charge is 0.352 e. The number of rotatable bonds is 6. The van der Waals surface area contributed by atoms with E-state index in [1.807, 2.05) is 39.0 Å². The molecule has 0 radical (unpaired) electrons. The zero-order valence-electron chi connectivity index (χ0n) is 17.9. The van der Waals surface area contributed by atoms with Crippen LogP contribution in [0.1, 0.15) is 42.4 Å². The number of anilines is 1. The zero-order valence-corrected chi connectivity index (χ0v) is 18.7. The Hall–Kier alpha value is -2.34. The summed E-state index contributed by atoms with van der Waals surface area (Å²) in [7, 11) is -3.87. The van der Waals surface area contributed by atoms with E-state index in [1.54, 1.807) is 24.3 Å². The Bertz CT molecular complexity index is 1030. The number of hydrogen-bond acceptors (Lipinski definition) is 3. The third-order valence-corrected chi connectivity index (χ3v) is 8.26. The van der Waals surface area contributed by atoms with Gasteiger partial charge in [0.2, 0.25) is 5.91 Å². The number of nitrogens with zero attached hydrogens (tertiary/aromatic N) is 1. The minimum Gasteiger partial charge on any atom is -0.352 e. The molecule has 3 unspecified atom stereocenters. The fourth-order valence-electron chi connectivity index (χ4n) is 5.05. The lowest BCUT2D eigenvalue weighted by Crippen LogP contribution is -2.46. The van der Waals surface area contributed by atoms with Crippen LogP contribution < -0.4 is 9.62 Å². The Balaban J connectivity index is 1.63. The first-order chi connectivity index (χ1) is 14.2. The Kier molecular flexibility index (Phi) is 5.62. The summed E-state index contributed by atoms with van der Waals surface area (Å²) in [6.45, 7) is 5.57. The number of nitrogens with one attached hydrogen (secondary N) is 1. The van der Waals surface area contributed by atoms with Crippen molar-refractivity contribution < 1.29 is 13.2 Å². The second kappa shape index (κ2) is 8.06. The summed E-state index contributed by atoms with van der Waals surface area (Å²) < 4.78 is 28.3. The number of amides is 1. The topological polar surface area (TPSA) is 66.5 Å². The number of aryl methyl sites for hydroxylation is 3. The second-order valence-corrected chi connectivity index (χ2v) is 10.9. The smallest absolute Gasteiger partial charge is 0.264 e. The maximum absolute atomic E-state index is 13.5. The Morgan fingerprint density at radius 1 is 0.967 bits per heavy atom. The van der Waals surface area contributed by atoms with Crippen molar-refractivity contribution in [3.8, 4) is 0 Å². The molecule has 2 aromatic rings. The normalized spacial score (nSPS) is 22.8. The van der Waals surface area contributed by atoms with Gasteiger partial charge in [-0.1, -0.05) is 30.2 Å². The molecule has 1 amide bonds. The lowest BCUT2D eigenvalue weighted by molar-refractivity contribution is -0.120. The summed E-state index contributed by atoms with van der Waals surface area (Å²) in [5.74, 6) is 1.02. The number of hydrogen-bond donors (Lipinski definition) is 1. The number of sulfonamides is 1.